The van der Waals surface area contributed by atoms with Gasteiger partial charge in [0.25, 0.3) is 0 Å². The van der Waals surface area contributed by atoms with E-state index in [2.05, 4.69) is 53.4 Å². The van der Waals surface area contributed by atoms with Crippen molar-refractivity contribution < 1.29 is 0 Å². The van der Waals surface area contributed by atoms with Crippen molar-refractivity contribution in [3.8, 4) is 0 Å². The van der Waals surface area contributed by atoms with Gasteiger partial charge in [0.15, 0.2) is 0 Å². The van der Waals surface area contributed by atoms with Gasteiger partial charge in [0.2, 0.25) is 0 Å². The zero-order valence-electron chi connectivity index (χ0n) is 10.8. The van der Waals surface area contributed by atoms with Crippen LogP contribution in [0.25, 0.3) is 0 Å². The minimum atomic E-state index is 0.887. The Balaban J connectivity index is 1.93. The summed E-state index contributed by atoms with van der Waals surface area (Å²) in [7, 11) is 0. The summed E-state index contributed by atoms with van der Waals surface area (Å²) < 4.78 is 0. The van der Waals surface area contributed by atoms with Gasteiger partial charge in [-0.3, -0.25) is 4.99 Å². The highest BCUT2D eigenvalue weighted by Gasteiger charge is 2.26. The van der Waals surface area contributed by atoms with Crippen LogP contribution in [0.4, 0.5) is 5.69 Å². The van der Waals surface area contributed by atoms with Gasteiger partial charge in [-0.15, -0.1) is 0 Å². The Bertz CT molecular complexity index is 644. The number of hydrogen-bond acceptors (Lipinski definition) is 2. The third kappa shape index (κ3) is 1.67. The monoisotopic (exact) mass is 248 g/mol. The molecule has 2 aliphatic heterocycles. The summed E-state index contributed by atoms with van der Waals surface area (Å²) >= 11 is 0. The number of aliphatic imine (C=N–C) groups is 1. The molecule has 0 spiro atoms. The lowest BCUT2D eigenvalue weighted by Crippen LogP contribution is -2.23. The molecule has 2 heterocycles. The average Bonchev–Trinajstić information content (AvgIpc) is 2.78. The second kappa shape index (κ2) is 4.23. The van der Waals surface area contributed by atoms with Crippen molar-refractivity contribution in [3.63, 3.8) is 0 Å². The number of hydrogen-bond donors (Lipinski definition) is 0. The summed E-state index contributed by atoms with van der Waals surface area (Å²) in [5, 5.41) is 0. The summed E-state index contributed by atoms with van der Waals surface area (Å²) in [5.74, 6) is 0. The molecule has 0 unspecified atom stereocenters. The third-order valence-electron chi connectivity index (χ3n) is 4.03. The first-order chi connectivity index (χ1) is 9.43. The van der Waals surface area contributed by atoms with E-state index in [1.807, 2.05) is 0 Å². The minimum Gasteiger partial charge on any atom is -0.369 e. The molecular weight excluding hydrogens is 232 g/mol. The van der Waals surface area contributed by atoms with Crippen LogP contribution in [0.3, 0.4) is 0 Å². The normalized spacial score (nSPS) is 16.8. The molecule has 0 bridgehead atoms. The van der Waals surface area contributed by atoms with Gasteiger partial charge in [0.1, 0.15) is 0 Å². The molecule has 2 heteroatoms. The van der Waals surface area contributed by atoms with E-state index in [0.717, 1.165) is 25.3 Å². The number of rotatable bonds is 1. The number of para-hydroxylation sites is 1. The van der Waals surface area contributed by atoms with Crippen LogP contribution in [0.5, 0.6) is 0 Å². The van der Waals surface area contributed by atoms with E-state index in [9.17, 15) is 0 Å². The SMILES string of the molecule is c1ccc(C2=NCCN3CCc4cccc2c43)cc1. The van der Waals surface area contributed by atoms with E-state index >= 15 is 0 Å². The minimum absolute atomic E-state index is 0.887. The van der Waals surface area contributed by atoms with Crippen LogP contribution < -0.4 is 4.90 Å². The molecule has 2 aromatic rings. The lowest BCUT2D eigenvalue weighted by atomic mass is 9.98. The number of benzene rings is 2. The lowest BCUT2D eigenvalue weighted by Gasteiger charge is -2.18. The molecule has 0 aliphatic carbocycles. The number of nitrogens with zero attached hydrogens (tertiary/aromatic N) is 2. The van der Waals surface area contributed by atoms with Crippen molar-refractivity contribution in [3.05, 3.63) is 65.2 Å². The Morgan fingerprint density at radius 2 is 1.79 bits per heavy atom. The van der Waals surface area contributed by atoms with Gasteiger partial charge >= 0.3 is 0 Å². The zero-order valence-corrected chi connectivity index (χ0v) is 10.8. The highest BCUT2D eigenvalue weighted by molar-refractivity contribution is 6.16. The molecule has 2 aromatic carbocycles. The second-order valence-corrected chi connectivity index (χ2v) is 5.15. The van der Waals surface area contributed by atoms with Crippen molar-refractivity contribution in [1.29, 1.82) is 0 Å². The zero-order chi connectivity index (χ0) is 12.7. The first-order valence-corrected chi connectivity index (χ1v) is 6.90. The Morgan fingerprint density at radius 3 is 2.68 bits per heavy atom. The highest BCUT2D eigenvalue weighted by Crippen LogP contribution is 2.34. The Kier molecular flexibility index (Phi) is 2.41. The fourth-order valence-corrected chi connectivity index (χ4v) is 3.16. The fraction of sp³-hybridized carbons (Fsp3) is 0.235. The van der Waals surface area contributed by atoms with Crippen LogP contribution in [0.15, 0.2) is 53.5 Å². The largest absolute Gasteiger partial charge is 0.369 e. The van der Waals surface area contributed by atoms with Crippen LogP contribution in [-0.4, -0.2) is 25.3 Å². The fourth-order valence-electron chi connectivity index (χ4n) is 3.16. The van der Waals surface area contributed by atoms with Crippen molar-refractivity contribution in [2.45, 2.75) is 6.42 Å². The molecule has 94 valence electrons. The predicted octanol–water partition coefficient (Wildman–Crippen LogP) is 2.90. The molecule has 2 aliphatic rings. The lowest BCUT2D eigenvalue weighted by molar-refractivity contribution is 0.827. The first-order valence-electron chi connectivity index (χ1n) is 6.90. The first kappa shape index (κ1) is 10.8. The average molecular weight is 248 g/mol. The van der Waals surface area contributed by atoms with Gasteiger partial charge in [0, 0.05) is 29.9 Å². The standard InChI is InChI=1S/C17H16N2/c1-2-5-13(6-3-1)16-15-8-4-7-14-9-11-19(17(14)15)12-10-18-16/h1-8H,9-12H2. The highest BCUT2D eigenvalue weighted by atomic mass is 15.2. The van der Waals surface area contributed by atoms with Crippen molar-refractivity contribution in [1.82, 2.24) is 0 Å². The van der Waals surface area contributed by atoms with Crippen LogP contribution in [0.1, 0.15) is 16.7 Å². The molecule has 0 atom stereocenters. The van der Waals surface area contributed by atoms with E-state index in [1.165, 1.54) is 28.8 Å². The molecular formula is C17H16N2. The van der Waals surface area contributed by atoms with Crippen molar-refractivity contribution in [2.75, 3.05) is 24.5 Å². The summed E-state index contributed by atoms with van der Waals surface area (Å²) in [6, 6.07) is 17.2. The van der Waals surface area contributed by atoms with Crippen molar-refractivity contribution in [2.24, 2.45) is 4.99 Å². The molecule has 19 heavy (non-hydrogen) atoms. The third-order valence-corrected chi connectivity index (χ3v) is 4.03. The molecule has 0 aromatic heterocycles. The Labute approximate surface area is 113 Å². The maximum Gasteiger partial charge on any atom is 0.0740 e. The summed E-state index contributed by atoms with van der Waals surface area (Å²) in [4.78, 5) is 7.33. The number of anilines is 1. The molecule has 0 fully saturated rings. The molecule has 2 nitrogen and oxygen atoms in total. The summed E-state index contributed by atoms with van der Waals surface area (Å²) in [5.41, 5.74) is 6.58. The van der Waals surface area contributed by atoms with E-state index in [-0.39, 0.29) is 0 Å². The summed E-state index contributed by atoms with van der Waals surface area (Å²) in [6.45, 7) is 3.07. The van der Waals surface area contributed by atoms with Crippen LogP contribution in [0.2, 0.25) is 0 Å². The smallest absolute Gasteiger partial charge is 0.0740 e. The van der Waals surface area contributed by atoms with Gasteiger partial charge in [-0.2, -0.15) is 0 Å². The van der Waals surface area contributed by atoms with E-state index in [0.29, 0.717) is 0 Å². The van der Waals surface area contributed by atoms with Gasteiger partial charge in [-0.25, -0.2) is 0 Å². The molecule has 4 rings (SSSR count). The Morgan fingerprint density at radius 1 is 0.895 bits per heavy atom. The van der Waals surface area contributed by atoms with Crippen LogP contribution in [-0.2, 0) is 6.42 Å². The summed E-state index contributed by atoms with van der Waals surface area (Å²) in [6.07, 6.45) is 1.17. The van der Waals surface area contributed by atoms with Gasteiger partial charge in [0.05, 0.1) is 12.3 Å². The predicted molar refractivity (Wildman–Crippen MR) is 79.3 cm³/mol. The van der Waals surface area contributed by atoms with Crippen LogP contribution in [0, 0.1) is 0 Å². The van der Waals surface area contributed by atoms with Gasteiger partial charge < -0.3 is 4.90 Å². The van der Waals surface area contributed by atoms with E-state index < -0.39 is 0 Å². The molecule has 0 saturated heterocycles. The molecule has 0 N–H and O–H groups in total. The van der Waals surface area contributed by atoms with Gasteiger partial charge in [-0.05, 0) is 12.0 Å². The van der Waals surface area contributed by atoms with E-state index in [4.69, 9.17) is 4.99 Å². The van der Waals surface area contributed by atoms with Crippen molar-refractivity contribution >= 4 is 11.4 Å². The Hall–Kier alpha value is -2.09. The topological polar surface area (TPSA) is 15.6 Å². The second-order valence-electron chi connectivity index (χ2n) is 5.15. The van der Waals surface area contributed by atoms with Gasteiger partial charge in [-0.1, -0.05) is 48.5 Å². The van der Waals surface area contributed by atoms with Crippen LogP contribution >= 0.6 is 0 Å². The molecule has 0 radical (unpaired) electrons. The maximum atomic E-state index is 4.84. The molecule has 0 amide bonds. The molecule has 0 saturated carbocycles. The maximum absolute atomic E-state index is 4.84. The van der Waals surface area contributed by atoms with E-state index in [1.54, 1.807) is 0 Å². The quantitative estimate of drug-likeness (QED) is 0.757.